The van der Waals surface area contributed by atoms with Gasteiger partial charge >= 0.3 is 0 Å². The summed E-state index contributed by atoms with van der Waals surface area (Å²) in [7, 11) is -0.449. The van der Waals surface area contributed by atoms with Gasteiger partial charge in [-0.3, -0.25) is 0 Å². The van der Waals surface area contributed by atoms with Crippen LogP contribution in [0.2, 0.25) is 0 Å². The molecule has 0 unspecified atom stereocenters. The number of ether oxygens (including phenoxy) is 1. The van der Waals surface area contributed by atoms with Gasteiger partial charge in [-0.1, -0.05) is 0 Å². The zero-order chi connectivity index (χ0) is 12.9. The molecule has 0 saturated carbocycles. The lowest BCUT2D eigenvalue weighted by Crippen LogP contribution is -2.26. The maximum Gasteiger partial charge on any atom is 0.242 e. The third-order valence-electron chi connectivity index (χ3n) is 2.01. The van der Waals surface area contributed by atoms with E-state index in [0.29, 0.717) is 5.82 Å². The van der Waals surface area contributed by atoms with Crippen molar-refractivity contribution in [2.24, 2.45) is 0 Å². The number of nitrogens with two attached hydrogens (primary N) is 1. The largest absolute Gasteiger partial charge is 0.479 e. The molecule has 0 atom stereocenters. The van der Waals surface area contributed by atoms with Gasteiger partial charge in [0.05, 0.1) is 12.9 Å². The van der Waals surface area contributed by atoms with E-state index < -0.39 is 10.0 Å². The van der Waals surface area contributed by atoms with Gasteiger partial charge in [-0.05, 0) is 7.05 Å². The van der Waals surface area contributed by atoms with Crippen LogP contribution in [0.4, 0.5) is 11.5 Å². The molecule has 0 amide bonds. The Hall–Kier alpha value is -1.61. The average Bonchev–Trinajstić information content (AvgIpc) is 2.31. The van der Waals surface area contributed by atoms with Gasteiger partial charge in [0, 0.05) is 6.54 Å². The van der Waals surface area contributed by atoms with Crippen molar-refractivity contribution in [3.05, 3.63) is 6.33 Å². The van der Waals surface area contributed by atoms with E-state index in [2.05, 4.69) is 20.0 Å². The maximum atomic E-state index is 11.2. The minimum absolute atomic E-state index is 0.0741. The molecule has 9 heteroatoms. The quantitative estimate of drug-likeness (QED) is 0.602. The zero-order valence-corrected chi connectivity index (χ0v) is 10.4. The molecule has 0 aliphatic carbocycles. The first kappa shape index (κ1) is 13.5. The normalized spacial score (nSPS) is 11.2. The molecule has 1 aromatic heterocycles. The number of nitrogens with zero attached hydrogens (tertiary/aromatic N) is 2. The first-order valence-corrected chi connectivity index (χ1v) is 6.45. The summed E-state index contributed by atoms with van der Waals surface area (Å²) in [5.74, 6) is 0.525. The van der Waals surface area contributed by atoms with Crippen molar-refractivity contribution in [2.45, 2.75) is 0 Å². The zero-order valence-electron chi connectivity index (χ0n) is 9.60. The Labute approximate surface area is 99.6 Å². The van der Waals surface area contributed by atoms with Crippen LogP contribution >= 0.6 is 0 Å². The van der Waals surface area contributed by atoms with Crippen LogP contribution in [-0.4, -0.2) is 44.8 Å². The van der Waals surface area contributed by atoms with E-state index in [1.807, 2.05) is 0 Å². The Morgan fingerprint density at radius 3 is 2.76 bits per heavy atom. The van der Waals surface area contributed by atoms with E-state index in [1.165, 1.54) is 20.5 Å². The molecule has 4 N–H and O–H groups in total. The molecule has 96 valence electrons. The summed E-state index contributed by atoms with van der Waals surface area (Å²) in [5, 5.41) is 2.80. The van der Waals surface area contributed by atoms with Crippen LogP contribution in [0.1, 0.15) is 0 Å². The van der Waals surface area contributed by atoms with Crippen LogP contribution in [-0.2, 0) is 10.0 Å². The summed E-state index contributed by atoms with van der Waals surface area (Å²) in [5.41, 5.74) is 5.95. The van der Waals surface area contributed by atoms with Crippen LogP contribution in [0, 0.1) is 0 Å². The number of hydrogen-bond donors (Lipinski definition) is 3. The van der Waals surface area contributed by atoms with Gasteiger partial charge < -0.3 is 15.8 Å². The minimum Gasteiger partial charge on any atom is -0.479 e. The number of nitrogens with one attached hydrogen (secondary N) is 2. The summed E-state index contributed by atoms with van der Waals surface area (Å²) >= 11 is 0. The molecule has 0 aliphatic rings. The molecule has 8 nitrogen and oxygen atoms in total. The summed E-state index contributed by atoms with van der Waals surface area (Å²) in [6.07, 6.45) is 1.28. The molecule has 0 fully saturated rings. The number of nitrogen functional groups attached to an aromatic ring is 1. The molecule has 0 saturated heterocycles. The Balaban J connectivity index is 2.64. The third kappa shape index (κ3) is 3.71. The number of methoxy groups -OCH3 is 1. The molecule has 0 bridgehead atoms. The van der Waals surface area contributed by atoms with Crippen LogP contribution in [0.25, 0.3) is 0 Å². The lowest BCUT2D eigenvalue weighted by molar-refractivity contribution is 0.399. The topological polar surface area (TPSA) is 119 Å². The van der Waals surface area contributed by atoms with Gasteiger partial charge in [-0.2, -0.15) is 4.98 Å². The Bertz CT molecular complexity index is 476. The number of sulfonamides is 1. The Kier molecular flexibility index (Phi) is 4.46. The van der Waals surface area contributed by atoms with E-state index in [-0.39, 0.29) is 23.9 Å². The van der Waals surface area contributed by atoms with Gasteiger partial charge in [-0.15, -0.1) is 0 Å². The molecule has 0 spiro atoms. The molecule has 0 aromatic carbocycles. The lowest BCUT2D eigenvalue weighted by atomic mass is 10.4. The van der Waals surface area contributed by atoms with Crippen molar-refractivity contribution < 1.29 is 13.2 Å². The first-order valence-electron chi connectivity index (χ1n) is 4.79. The smallest absolute Gasteiger partial charge is 0.242 e. The van der Waals surface area contributed by atoms with Gasteiger partial charge in [-0.25, -0.2) is 18.1 Å². The molecule has 1 rings (SSSR count). The highest BCUT2D eigenvalue weighted by Crippen LogP contribution is 2.23. The average molecular weight is 261 g/mol. The Morgan fingerprint density at radius 1 is 1.47 bits per heavy atom. The van der Waals surface area contributed by atoms with Gasteiger partial charge in [0.2, 0.25) is 15.9 Å². The van der Waals surface area contributed by atoms with Gasteiger partial charge in [0.1, 0.15) is 12.0 Å². The fourth-order valence-corrected chi connectivity index (χ4v) is 1.66. The summed E-state index contributed by atoms with van der Waals surface area (Å²) in [6, 6.07) is 0. The number of aromatic nitrogens is 2. The summed E-state index contributed by atoms with van der Waals surface area (Å²) in [6.45, 7) is 0.188. The highest BCUT2D eigenvalue weighted by Gasteiger charge is 2.10. The van der Waals surface area contributed by atoms with Gasteiger partial charge in [0.25, 0.3) is 0 Å². The number of anilines is 2. The second kappa shape index (κ2) is 5.64. The van der Waals surface area contributed by atoms with Crippen molar-refractivity contribution in [2.75, 3.05) is 37.5 Å². The number of hydrogen-bond acceptors (Lipinski definition) is 7. The second-order valence-corrected chi connectivity index (χ2v) is 5.14. The molecular formula is C8H15N5O3S. The molecule has 0 aliphatic heterocycles. The monoisotopic (exact) mass is 261 g/mol. The highest BCUT2D eigenvalue weighted by atomic mass is 32.2. The van der Waals surface area contributed by atoms with E-state index in [1.54, 1.807) is 0 Å². The number of rotatable bonds is 6. The van der Waals surface area contributed by atoms with Crippen LogP contribution in [0.3, 0.4) is 0 Å². The lowest BCUT2D eigenvalue weighted by Gasteiger charge is -2.09. The summed E-state index contributed by atoms with van der Waals surface area (Å²) in [4.78, 5) is 7.69. The molecule has 1 aromatic rings. The first-order chi connectivity index (χ1) is 8.00. The Morgan fingerprint density at radius 2 is 2.18 bits per heavy atom. The molecular weight excluding hydrogens is 246 g/mol. The van der Waals surface area contributed by atoms with Crippen LogP contribution < -0.4 is 20.5 Å². The fourth-order valence-electron chi connectivity index (χ4n) is 1.09. The van der Waals surface area contributed by atoms with E-state index in [0.717, 1.165) is 0 Å². The highest BCUT2D eigenvalue weighted by molar-refractivity contribution is 7.89. The van der Waals surface area contributed by atoms with E-state index >= 15 is 0 Å². The van der Waals surface area contributed by atoms with Gasteiger partial charge in [0.15, 0.2) is 5.82 Å². The van der Waals surface area contributed by atoms with Crippen molar-refractivity contribution >= 4 is 21.5 Å². The third-order valence-corrected chi connectivity index (χ3v) is 3.38. The van der Waals surface area contributed by atoms with Crippen LogP contribution in [0.15, 0.2) is 6.33 Å². The van der Waals surface area contributed by atoms with E-state index in [4.69, 9.17) is 10.5 Å². The van der Waals surface area contributed by atoms with Crippen molar-refractivity contribution in [3.8, 4) is 5.88 Å². The SMILES string of the molecule is CNS(=O)(=O)CCNc1ncnc(OC)c1N. The van der Waals surface area contributed by atoms with Crippen molar-refractivity contribution in [1.29, 1.82) is 0 Å². The standard InChI is InChI=1S/C8H15N5O3S/c1-10-17(14,15)4-3-11-7-6(9)8(16-2)13-5-12-7/h5,10H,3-4,9H2,1-2H3,(H,11,12,13). The predicted molar refractivity (Wildman–Crippen MR) is 64.3 cm³/mol. The van der Waals surface area contributed by atoms with Crippen molar-refractivity contribution in [3.63, 3.8) is 0 Å². The van der Waals surface area contributed by atoms with Crippen molar-refractivity contribution in [1.82, 2.24) is 14.7 Å². The fraction of sp³-hybridized carbons (Fsp3) is 0.500. The molecule has 0 radical (unpaired) electrons. The van der Waals surface area contributed by atoms with Crippen LogP contribution in [0.5, 0.6) is 5.88 Å². The van der Waals surface area contributed by atoms with E-state index in [9.17, 15) is 8.42 Å². The molecule has 17 heavy (non-hydrogen) atoms. The summed E-state index contributed by atoms with van der Waals surface area (Å²) < 4.78 is 29.4. The maximum absolute atomic E-state index is 11.2. The predicted octanol–water partition coefficient (Wildman–Crippen LogP) is -0.971. The minimum atomic E-state index is -3.25. The second-order valence-electron chi connectivity index (χ2n) is 3.10. The molecule has 1 heterocycles.